The van der Waals surface area contributed by atoms with Crippen LogP contribution in [0.1, 0.15) is 30.5 Å². The van der Waals surface area contributed by atoms with E-state index in [1.165, 1.54) is 23.4 Å². The Labute approximate surface area is 140 Å². The standard InChI is InChI=1S/C18H22F2N4/c19-16-4-3-15(10-17(16)20)24-7-5-13(6-8-24)22-14-2-1-12-11-21-23-18(12)9-14/h3-4,10-11,13-14,22H,1-2,5-9H2,(H,21,23)/t14-/m0/s1. The molecule has 2 aliphatic rings. The molecule has 1 aliphatic carbocycles. The van der Waals surface area contributed by atoms with Crippen molar-refractivity contribution in [3.05, 3.63) is 47.3 Å². The zero-order valence-electron chi connectivity index (χ0n) is 13.6. The molecular weight excluding hydrogens is 310 g/mol. The Hall–Kier alpha value is -1.95. The molecule has 128 valence electrons. The van der Waals surface area contributed by atoms with E-state index < -0.39 is 11.6 Å². The third kappa shape index (κ3) is 3.15. The van der Waals surface area contributed by atoms with E-state index in [1.54, 1.807) is 6.07 Å². The molecule has 1 aromatic carbocycles. The summed E-state index contributed by atoms with van der Waals surface area (Å²) in [5.41, 5.74) is 3.38. The summed E-state index contributed by atoms with van der Waals surface area (Å²) >= 11 is 0. The average Bonchev–Trinajstić information content (AvgIpc) is 3.06. The highest BCUT2D eigenvalue weighted by Gasteiger charge is 2.25. The van der Waals surface area contributed by atoms with Gasteiger partial charge in [0.25, 0.3) is 0 Å². The van der Waals surface area contributed by atoms with Gasteiger partial charge in [0.1, 0.15) is 0 Å². The van der Waals surface area contributed by atoms with Crippen LogP contribution < -0.4 is 10.2 Å². The number of aromatic nitrogens is 2. The number of nitrogens with zero attached hydrogens (tertiary/aromatic N) is 2. The predicted molar refractivity (Wildman–Crippen MR) is 89.1 cm³/mol. The van der Waals surface area contributed by atoms with Gasteiger partial charge in [-0.3, -0.25) is 5.10 Å². The molecule has 0 radical (unpaired) electrons. The van der Waals surface area contributed by atoms with Crippen LogP contribution in [0.15, 0.2) is 24.4 Å². The summed E-state index contributed by atoms with van der Waals surface area (Å²) in [6.07, 6.45) is 7.22. The van der Waals surface area contributed by atoms with Crippen molar-refractivity contribution in [2.24, 2.45) is 0 Å². The molecule has 0 bridgehead atoms. The molecule has 1 aliphatic heterocycles. The van der Waals surface area contributed by atoms with Crippen molar-refractivity contribution in [2.75, 3.05) is 18.0 Å². The van der Waals surface area contributed by atoms with Gasteiger partial charge >= 0.3 is 0 Å². The summed E-state index contributed by atoms with van der Waals surface area (Å²) in [6, 6.07) is 5.15. The van der Waals surface area contributed by atoms with Gasteiger partial charge in [-0.2, -0.15) is 5.10 Å². The topological polar surface area (TPSA) is 44.0 Å². The summed E-state index contributed by atoms with van der Waals surface area (Å²) in [7, 11) is 0. The number of fused-ring (bicyclic) bond motifs is 1. The molecule has 6 heteroatoms. The van der Waals surface area contributed by atoms with E-state index in [2.05, 4.69) is 20.4 Å². The van der Waals surface area contributed by atoms with E-state index in [-0.39, 0.29) is 0 Å². The van der Waals surface area contributed by atoms with Gasteiger partial charge in [-0.15, -0.1) is 0 Å². The van der Waals surface area contributed by atoms with Crippen LogP contribution in [0.5, 0.6) is 0 Å². The largest absolute Gasteiger partial charge is 0.371 e. The molecule has 0 amide bonds. The molecule has 2 heterocycles. The van der Waals surface area contributed by atoms with Crippen LogP contribution in [0, 0.1) is 11.6 Å². The average molecular weight is 332 g/mol. The van der Waals surface area contributed by atoms with Crippen molar-refractivity contribution in [3.8, 4) is 0 Å². The quantitative estimate of drug-likeness (QED) is 0.908. The van der Waals surface area contributed by atoms with Crippen molar-refractivity contribution in [1.82, 2.24) is 15.5 Å². The van der Waals surface area contributed by atoms with Gasteiger partial charge in [0.05, 0.1) is 6.20 Å². The molecule has 0 unspecified atom stereocenters. The second kappa shape index (κ2) is 6.51. The number of anilines is 1. The maximum absolute atomic E-state index is 13.4. The van der Waals surface area contributed by atoms with E-state index in [9.17, 15) is 8.78 Å². The number of halogens is 2. The van der Waals surface area contributed by atoms with Gasteiger partial charge in [0.2, 0.25) is 0 Å². The van der Waals surface area contributed by atoms with E-state index in [0.717, 1.165) is 50.9 Å². The summed E-state index contributed by atoms with van der Waals surface area (Å²) < 4.78 is 26.5. The minimum atomic E-state index is -0.786. The Balaban J connectivity index is 1.31. The van der Waals surface area contributed by atoms with Crippen LogP contribution in [0.2, 0.25) is 0 Å². The Morgan fingerprint density at radius 2 is 1.92 bits per heavy atom. The van der Waals surface area contributed by atoms with E-state index in [4.69, 9.17) is 0 Å². The van der Waals surface area contributed by atoms with Crippen LogP contribution in [0.4, 0.5) is 14.5 Å². The molecule has 0 spiro atoms. The molecule has 0 saturated carbocycles. The zero-order chi connectivity index (χ0) is 16.5. The second-order valence-corrected chi connectivity index (χ2v) is 6.84. The molecule has 2 aromatic rings. The predicted octanol–water partition coefficient (Wildman–Crippen LogP) is 2.80. The lowest BCUT2D eigenvalue weighted by Gasteiger charge is -2.36. The van der Waals surface area contributed by atoms with Crippen molar-refractivity contribution in [1.29, 1.82) is 0 Å². The monoisotopic (exact) mass is 332 g/mol. The highest BCUT2D eigenvalue weighted by Crippen LogP contribution is 2.24. The molecule has 1 atom stereocenters. The van der Waals surface area contributed by atoms with Gasteiger partial charge in [0.15, 0.2) is 11.6 Å². The molecular formula is C18H22F2N4. The van der Waals surface area contributed by atoms with Gasteiger partial charge in [0, 0.05) is 49.0 Å². The number of rotatable bonds is 3. The minimum absolute atomic E-state index is 0.487. The van der Waals surface area contributed by atoms with Crippen LogP contribution >= 0.6 is 0 Å². The highest BCUT2D eigenvalue weighted by molar-refractivity contribution is 5.47. The molecule has 24 heavy (non-hydrogen) atoms. The Morgan fingerprint density at radius 1 is 1.08 bits per heavy atom. The lowest BCUT2D eigenvalue weighted by molar-refractivity contribution is 0.344. The van der Waals surface area contributed by atoms with Crippen LogP contribution in [-0.4, -0.2) is 35.4 Å². The first kappa shape index (κ1) is 15.6. The Kier molecular flexibility index (Phi) is 4.22. The van der Waals surface area contributed by atoms with Crippen LogP contribution in [0.25, 0.3) is 0 Å². The zero-order valence-corrected chi connectivity index (χ0v) is 13.6. The van der Waals surface area contributed by atoms with Crippen molar-refractivity contribution >= 4 is 5.69 Å². The fourth-order valence-corrected chi connectivity index (χ4v) is 3.87. The number of aryl methyl sites for hydroxylation is 1. The highest BCUT2D eigenvalue weighted by atomic mass is 19.2. The molecule has 4 rings (SSSR count). The number of hydrogen-bond donors (Lipinski definition) is 2. The number of hydrogen-bond acceptors (Lipinski definition) is 3. The molecule has 1 aromatic heterocycles. The van der Waals surface area contributed by atoms with Crippen molar-refractivity contribution < 1.29 is 8.78 Å². The van der Waals surface area contributed by atoms with E-state index >= 15 is 0 Å². The van der Waals surface area contributed by atoms with Gasteiger partial charge in [-0.05, 0) is 43.4 Å². The SMILES string of the molecule is Fc1ccc(N2CCC(N[C@H]3CCc4cn[nH]c4C3)CC2)cc1F. The van der Waals surface area contributed by atoms with E-state index in [1.807, 2.05) is 6.20 Å². The second-order valence-electron chi connectivity index (χ2n) is 6.84. The number of piperidine rings is 1. The first-order valence-corrected chi connectivity index (χ1v) is 8.66. The molecule has 1 saturated heterocycles. The smallest absolute Gasteiger partial charge is 0.160 e. The third-order valence-corrected chi connectivity index (χ3v) is 5.25. The lowest BCUT2D eigenvalue weighted by atomic mass is 9.92. The first-order chi connectivity index (χ1) is 11.7. The minimum Gasteiger partial charge on any atom is -0.371 e. The lowest BCUT2D eigenvalue weighted by Crippen LogP contribution is -2.47. The summed E-state index contributed by atoms with van der Waals surface area (Å²) in [6.45, 7) is 1.73. The van der Waals surface area contributed by atoms with Gasteiger partial charge in [-0.1, -0.05) is 0 Å². The number of nitrogens with one attached hydrogen (secondary N) is 2. The van der Waals surface area contributed by atoms with Crippen LogP contribution in [-0.2, 0) is 12.8 Å². The van der Waals surface area contributed by atoms with Gasteiger partial charge < -0.3 is 10.2 Å². The van der Waals surface area contributed by atoms with Crippen molar-refractivity contribution in [2.45, 2.75) is 44.2 Å². The molecule has 1 fully saturated rings. The summed E-state index contributed by atoms with van der Waals surface area (Å²) in [4.78, 5) is 2.13. The number of benzene rings is 1. The molecule has 4 nitrogen and oxygen atoms in total. The van der Waals surface area contributed by atoms with E-state index in [0.29, 0.717) is 12.1 Å². The van der Waals surface area contributed by atoms with Crippen LogP contribution in [0.3, 0.4) is 0 Å². The Morgan fingerprint density at radius 3 is 2.71 bits per heavy atom. The Bertz CT molecular complexity index is 707. The summed E-state index contributed by atoms with van der Waals surface area (Å²) in [5, 5.41) is 11.0. The number of aromatic amines is 1. The fraction of sp³-hybridized carbons (Fsp3) is 0.500. The first-order valence-electron chi connectivity index (χ1n) is 8.66. The fourth-order valence-electron chi connectivity index (χ4n) is 3.87. The number of H-pyrrole nitrogens is 1. The normalized spacial score (nSPS) is 21.8. The molecule has 2 N–H and O–H groups in total. The maximum atomic E-state index is 13.4. The third-order valence-electron chi connectivity index (χ3n) is 5.25. The van der Waals surface area contributed by atoms with Gasteiger partial charge in [-0.25, -0.2) is 8.78 Å². The summed E-state index contributed by atoms with van der Waals surface area (Å²) in [5.74, 6) is -1.56. The van der Waals surface area contributed by atoms with Crippen molar-refractivity contribution in [3.63, 3.8) is 0 Å². The maximum Gasteiger partial charge on any atom is 0.160 e.